The second-order valence-corrected chi connectivity index (χ2v) is 8.04. The lowest BCUT2D eigenvalue weighted by Gasteiger charge is -2.24. The van der Waals surface area contributed by atoms with Crippen LogP contribution in [0.15, 0.2) is 17.3 Å². The molecule has 2 heterocycles. The summed E-state index contributed by atoms with van der Waals surface area (Å²) in [7, 11) is -1.25. The van der Waals surface area contributed by atoms with Gasteiger partial charge in [0.1, 0.15) is 10.6 Å². The van der Waals surface area contributed by atoms with Crippen LogP contribution in [0, 0.1) is 5.92 Å². The lowest BCUT2D eigenvalue weighted by molar-refractivity contribution is 0.0289. The summed E-state index contributed by atoms with van der Waals surface area (Å²) < 4.78 is 17.6. The van der Waals surface area contributed by atoms with E-state index in [2.05, 4.69) is 9.97 Å². The van der Waals surface area contributed by atoms with E-state index in [0.717, 1.165) is 6.42 Å². The summed E-state index contributed by atoms with van der Waals surface area (Å²) in [5, 5.41) is 0.517. The van der Waals surface area contributed by atoms with Crippen LogP contribution in [0.2, 0.25) is 5.28 Å². The smallest absolute Gasteiger partial charge is 0.410 e. The molecule has 1 aliphatic rings. The highest BCUT2D eigenvalue weighted by atomic mass is 35.5. The zero-order valence-corrected chi connectivity index (χ0v) is 14.5. The maximum atomic E-state index is 12.3. The molecule has 0 bridgehead atoms. The number of nitrogens with zero attached hydrogens (tertiary/aromatic N) is 3. The summed E-state index contributed by atoms with van der Waals surface area (Å²) >= 11 is 5.71. The van der Waals surface area contributed by atoms with Crippen molar-refractivity contribution in [1.82, 2.24) is 14.9 Å². The number of ether oxygens (including phenoxy) is 1. The molecule has 122 valence electrons. The summed E-state index contributed by atoms with van der Waals surface area (Å²) in [4.78, 5) is 21.4. The van der Waals surface area contributed by atoms with Crippen LogP contribution in [0.1, 0.15) is 27.2 Å². The van der Waals surface area contributed by atoms with Crippen molar-refractivity contribution in [3.8, 4) is 0 Å². The van der Waals surface area contributed by atoms with Crippen LogP contribution >= 0.6 is 11.6 Å². The molecule has 8 heteroatoms. The number of halogens is 1. The van der Waals surface area contributed by atoms with Crippen LogP contribution in [0.25, 0.3) is 0 Å². The number of aromatic nitrogens is 2. The number of carbonyl (C=O) groups excluding carboxylic acids is 1. The monoisotopic (exact) mass is 345 g/mol. The summed E-state index contributed by atoms with van der Waals surface area (Å²) in [6.07, 6.45) is 1.99. The maximum Gasteiger partial charge on any atom is 0.410 e. The Kier molecular flexibility index (Phi) is 5.39. The normalized spacial score (nSPS) is 20.0. The topological polar surface area (TPSA) is 72.4 Å². The molecule has 22 heavy (non-hydrogen) atoms. The Morgan fingerprint density at radius 1 is 1.55 bits per heavy atom. The van der Waals surface area contributed by atoms with Gasteiger partial charge in [0.2, 0.25) is 5.28 Å². The lowest BCUT2D eigenvalue weighted by Crippen LogP contribution is -2.35. The fourth-order valence-corrected chi connectivity index (χ4v) is 3.68. The van der Waals surface area contributed by atoms with Gasteiger partial charge in [0.05, 0.1) is 10.8 Å². The molecule has 0 aromatic carbocycles. The minimum absolute atomic E-state index is 0.0904. The molecule has 1 amide bonds. The Hall–Kier alpha value is -1.21. The molecule has 1 fully saturated rings. The summed E-state index contributed by atoms with van der Waals surface area (Å²) in [5.74, 6) is 0.620. The zero-order chi connectivity index (χ0) is 16.3. The fourth-order valence-electron chi connectivity index (χ4n) is 2.21. The van der Waals surface area contributed by atoms with E-state index in [1.807, 2.05) is 20.8 Å². The molecule has 1 aromatic rings. The summed E-state index contributed by atoms with van der Waals surface area (Å²) in [6, 6.07) is 1.60. The first kappa shape index (κ1) is 17.1. The second-order valence-electron chi connectivity index (χ2n) is 6.26. The van der Waals surface area contributed by atoms with Crippen molar-refractivity contribution in [2.24, 2.45) is 5.92 Å². The quantitative estimate of drug-likeness (QED) is 0.621. The number of carbonyl (C=O) groups is 1. The third-order valence-electron chi connectivity index (χ3n) is 3.16. The number of hydrogen-bond donors (Lipinski definition) is 0. The largest absolute Gasteiger partial charge is 0.444 e. The summed E-state index contributed by atoms with van der Waals surface area (Å²) in [6.45, 7) is 6.70. The first-order valence-corrected chi connectivity index (χ1v) is 8.79. The van der Waals surface area contributed by atoms with Gasteiger partial charge in [-0.15, -0.1) is 0 Å². The standard InChI is InChI=1S/C14H20ClN3O3S/c1-14(2,3)21-13(19)18-7-5-10(8-18)9-22(20)11-4-6-16-12(15)17-11/h4,6,10H,5,7-9H2,1-3H3/t10-,22+/m1/s1. The van der Waals surface area contributed by atoms with Crippen LogP contribution in [0.3, 0.4) is 0 Å². The second kappa shape index (κ2) is 6.91. The minimum atomic E-state index is -1.25. The van der Waals surface area contributed by atoms with Crippen molar-refractivity contribution in [1.29, 1.82) is 0 Å². The Labute approximate surface area is 137 Å². The molecule has 0 unspecified atom stereocenters. The van der Waals surface area contributed by atoms with E-state index in [4.69, 9.17) is 16.3 Å². The zero-order valence-electron chi connectivity index (χ0n) is 12.9. The van der Waals surface area contributed by atoms with Crippen LogP contribution < -0.4 is 0 Å². The Bertz CT molecular complexity index is 577. The predicted octanol–water partition coefficient (Wildman–Crippen LogP) is 2.49. The summed E-state index contributed by atoms with van der Waals surface area (Å²) in [5.41, 5.74) is -0.504. The highest BCUT2D eigenvalue weighted by Gasteiger charge is 2.30. The predicted molar refractivity (Wildman–Crippen MR) is 84.2 cm³/mol. The number of rotatable bonds is 3. The lowest BCUT2D eigenvalue weighted by atomic mass is 10.2. The Balaban J connectivity index is 1.88. The van der Waals surface area contributed by atoms with E-state index in [1.54, 1.807) is 11.0 Å². The first-order valence-electron chi connectivity index (χ1n) is 7.09. The third-order valence-corrected chi connectivity index (χ3v) is 4.81. The van der Waals surface area contributed by atoms with Gasteiger partial charge < -0.3 is 9.64 Å². The van der Waals surface area contributed by atoms with Gasteiger partial charge in [-0.1, -0.05) is 0 Å². The molecule has 1 aliphatic heterocycles. The van der Waals surface area contributed by atoms with Gasteiger partial charge in [0.15, 0.2) is 0 Å². The Morgan fingerprint density at radius 2 is 2.27 bits per heavy atom. The van der Waals surface area contributed by atoms with Crippen LogP contribution in [0.5, 0.6) is 0 Å². The third kappa shape index (κ3) is 4.91. The maximum absolute atomic E-state index is 12.3. The fraction of sp³-hybridized carbons (Fsp3) is 0.643. The number of amides is 1. The van der Waals surface area contributed by atoms with Gasteiger partial charge >= 0.3 is 6.09 Å². The molecule has 0 radical (unpaired) electrons. The van der Waals surface area contributed by atoms with Gasteiger partial charge in [-0.2, -0.15) is 0 Å². The number of likely N-dealkylation sites (tertiary alicyclic amines) is 1. The van der Waals surface area contributed by atoms with Crippen molar-refractivity contribution < 1.29 is 13.7 Å². The van der Waals surface area contributed by atoms with Crippen molar-refractivity contribution in [3.05, 3.63) is 17.5 Å². The average Bonchev–Trinajstić information content (AvgIpc) is 2.85. The van der Waals surface area contributed by atoms with Crippen LogP contribution in [-0.2, 0) is 15.5 Å². The van der Waals surface area contributed by atoms with Crippen molar-refractivity contribution >= 4 is 28.5 Å². The first-order chi connectivity index (χ1) is 10.2. The molecule has 0 aliphatic carbocycles. The van der Waals surface area contributed by atoms with E-state index in [-0.39, 0.29) is 17.3 Å². The van der Waals surface area contributed by atoms with E-state index < -0.39 is 16.4 Å². The Morgan fingerprint density at radius 3 is 2.91 bits per heavy atom. The molecule has 6 nitrogen and oxygen atoms in total. The molecule has 0 N–H and O–H groups in total. The van der Waals surface area contributed by atoms with Gasteiger partial charge in [-0.25, -0.2) is 14.8 Å². The van der Waals surface area contributed by atoms with Gasteiger partial charge in [0, 0.05) is 25.0 Å². The van der Waals surface area contributed by atoms with Gasteiger partial charge in [0.25, 0.3) is 0 Å². The molecule has 1 saturated heterocycles. The minimum Gasteiger partial charge on any atom is -0.444 e. The molecular weight excluding hydrogens is 326 g/mol. The van der Waals surface area contributed by atoms with E-state index in [9.17, 15) is 9.00 Å². The number of hydrogen-bond acceptors (Lipinski definition) is 5. The van der Waals surface area contributed by atoms with Crippen molar-refractivity contribution in [3.63, 3.8) is 0 Å². The average molecular weight is 346 g/mol. The van der Waals surface area contributed by atoms with Gasteiger partial charge in [-0.3, -0.25) is 4.21 Å². The highest BCUT2D eigenvalue weighted by molar-refractivity contribution is 7.84. The van der Waals surface area contributed by atoms with E-state index >= 15 is 0 Å². The van der Waals surface area contributed by atoms with E-state index in [0.29, 0.717) is 23.9 Å². The van der Waals surface area contributed by atoms with E-state index in [1.165, 1.54) is 6.20 Å². The molecule has 2 rings (SSSR count). The SMILES string of the molecule is CC(C)(C)OC(=O)N1CC[C@@H](C[S@](=O)c2ccnc(Cl)n2)C1. The molecule has 0 spiro atoms. The molecular formula is C14H20ClN3O3S. The highest BCUT2D eigenvalue weighted by Crippen LogP contribution is 2.21. The molecule has 1 aromatic heterocycles. The molecule has 2 atom stereocenters. The van der Waals surface area contributed by atoms with Crippen LogP contribution in [-0.4, -0.2) is 49.6 Å². The van der Waals surface area contributed by atoms with Gasteiger partial charge in [-0.05, 0) is 50.8 Å². The van der Waals surface area contributed by atoms with Crippen LogP contribution in [0.4, 0.5) is 4.79 Å². The van der Waals surface area contributed by atoms with Crippen molar-refractivity contribution in [2.75, 3.05) is 18.8 Å². The van der Waals surface area contributed by atoms with Crippen molar-refractivity contribution in [2.45, 2.75) is 37.8 Å². The molecule has 0 saturated carbocycles.